The normalized spacial score (nSPS) is 10.8. The third-order valence-corrected chi connectivity index (χ3v) is 4.77. The van der Waals surface area contributed by atoms with Crippen molar-refractivity contribution >= 4 is 34.8 Å². The van der Waals surface area contributed by atoms with Gasteiger partial charge in [0.05, 0.1) is 17.4 Å². The summed E-state index contributed by atoms with van der Waals surface area (Å²) in [5, 5.41) is 24.3. The smallest absolute Gasteiger partial charge is 0.550 e. The van der Waals surface area contributed by atoms with Crippen molar-refractivity contribution in [2.75, 3.05) is 5.73 Å². The fourth-order valence-electron chi connectivity index (χ4n) is 3.17. The van der Waals surface area contributed by atoms with Crippen LogP contribution in [0.3, 0.4) is 0 Å². The van der Waals surface area contributed by atoms with Gasteiger partial charge in [-0.3, -0.25) is 14.6 Å². The number of hydrogen-bond donors (Lipinski definition) is 4. The summed E-state index contributed by atoms with van der Waals surface area (Å²) in [6.07, 6.45) is 1.96. The molecule has 1 aromatic carbocycles. The number of nitrogens with two attached hydrogens (primary N) is 1. The van der Waals surface area contributed by atoms with Gasteiger partial charge in [0.15, 0.2) is 0 Å². The Bertz CT molecular complexity index is 1190. The number of aryl methyl sites for hydroxylation is 2. The fraction of sp³-hybridized carbons (Fsp3) is 0.286. The quantitative estimate of drug-likeness (QED) is 0.213. The van der Waals surface area contributed by atoms with Crippen LogP contribution in [-0.4, -0.2) is 38.8 Å². The summed E-state index contributed by atoms with van der Waals surface area (Å²) in [4.78, 5) is 55.4. The minimum atomic E-state index is -1.57. The SMILES string of the molecule is C.Nc1nc2[nH]cc(CCc3ccc(C(=O)N[C@@H](CCC(=O)[O-])C(=O)[O-])cc3)c2c(=O)[nH]1.[Na+].[Na+]. The first-order valence-electron chi connectivity index (χ1n) is 9.41. The molecule has 0 unspecified atom stereocenters. The maximum atomic E-state index is 12.2. The molecule has 13 heteroatoms. The predicted octanol–water partition coefficient (Wildman–Crippen LogP) is -7.36. The van der Waals surface area contributed by atoms with Crippen molar-refractivity contribution in [1.29, 1.82) is 0 Å². The van der Waals surface area contributed by atoms with E-state index in [9.17, 15) is 29.4 Å². The van der Waals surface area contributed by atoms with Gasteiger partial charge in [-0.2, -0.15) is 4.98 Å². The summed E-state index contributed by atoms with van der Waals surface area (Å²) in [6, 6.07) is 5.03. The number of amides is 1. The monoisotopic (exact) mass is 487 g/mol. The Kier molecular flexibility index (Phi) is 13.4. The van der Waals surface area contributed by atoms with Gasteiger partial charge in [0.25, 0.3) is 11.5 Å². The van der Waals surface area contributed by atoms with E-state index in [0.717, 1.165) is 11.1 Å². The van der Waals surface area contributed by atoms with Crippen LogP contribution < -0.4 is 85.9 Å². The molecule has 0 aliphatic carbocycles. The van der Waals surface area contributed by atoms with Crippen molar-refractivity contribution in [3.63, 3.8) is 0 Å². The number of nitrogen functional groups attached to an aromatic ring is 1. The minimum absolute atomic E-state index is 0. The Morgan fingerprint density at radius 1 is 1.09 bits per heavy atom. The summed E-state index contributed by atoms with van der Waals surface area (Å²) in [6.45, 7) is 0. The van der Waals surface area contributed by atoms with Gasteiger partial charge in [-0.15, -0.1) is 0 Å². The van der Waals surface area contributed by atoms with E-state index in [1.54, 1.807) is 18.3 Å². The van der Waals surface area contributed by atoms with E-state index in [-0.39, 0.29) is 90.0 Å². The molecule has 0 aliphatic rings. The van der Waals surface area contributed by atoms with E-state index in [2.05, 4.69) is 20.3 Å². The summed E-state index contributed by atoms with van der Waals surface area (Å²) in [7, 11) is 0. The number of benzene rings is 1. The number of carbonyl (C=O) groups is 3. The third kappa shape index (κ3) is 8.26. The number of fused-ring (bicyclic) bond motifs is 1. The summed E-state index contributed by atoms with van der Waals surface area (Å²) in [5.74, 6) is -3.62. The van der Waals surface area contributed by atoms with Crippen molar-refractivity contribution in [2.45, 2.75) is 39.2 Å². The number of hydrogen-bond acceptors (Lipinski definition) is 8. The number of anilines is 1. The topological polar surface area (TPSA) is 197 Å². The molecule has 0 bridgehead atoms. The number of H-pyrrole nitrogens is 2. The molecule has 0 spiro atoms. The molecule has 0 aliphatic heterocycles. The second kappa shape index (κ2) is 14.3. The molecule has 3 aromatic rings. The first-order valence-corrected chi connectivity index (χ1v) is 9.41. The Labute approximate surface area is 239 Å². The average molecular weight is 487 g/mol. The molecule has 5 N–H and O–H groups in total. The van der Waals surface area contributed by atoms with E-state index >= 15 is 0 Å². The van der Waals surface area contributed by atoms with Crippen LogP contribution in [0.25, 0.3) is 11.0 Å². The van der Waals surface area contributed by atoms with Crippen LogP contribution in [0.15, 0.2) is 35.3 Å². The number of aliphatic carboxylic acids is 2. The van der Waals surface area contributed by atoms with Crippen molar-refractivity contribution < 1.29 is 83.7 Å². The molecule has 0 fully saturated rings. The zero-order valence-corrected chi connectivity index (χ0v) is 22.3. The molecule has 11 nitrogen and oxygen atoms in total. The van der Waals surface area contributed by atoms with Crippen LogP contribution in [-0.2, 0) is 22.4 Å². The van der Waals surface area contributed by atoms with Gasteiger partial charge in [0.1, 0.15) is 5.65 Å². The van der Waals surface area contributed by atoms with Gasteiger partial charge in [-0.1, -0.05) is 19.6 Å². The number of carboxylic acid groups (broad SMARTS) is 2. The summed E-state index contributed by atoms with van der Waals surface area (Å²) in [5.41, 5.74) is 7.49. The van der Waals surface area contributed by atoms with Crippen LogP contribution >= 0.6 is 0 Å². The Morgan fingerprint density at radius 2 is 1.74 bits per heavy atom. The average Bonchev–Trinajstić information content (AvgIpc) is 3.12. The maximum Gasteiger partial charge on any atom is 1.00 e. The first kappa shape index (κ1) is 31.9. The molecule has 2 aromatic heterocycles. The predicted molar refractivity (Wildman–Crippen MR) is 112 cm³/mol. The molecule has 34 heavy (non-hydrogen) atoms. The summed E-state index contributed by atoms with van der Waals surface area (Å²) < 4.78 is 0. The van der Waals surface area contributed by atoms with Crippen molar-refractivity contribution in [2.24, 2.45) is 0 Å². The van der Waals surface area contributed by atoms with Crippen LogP contribution in [0.2, 0.25) is 0 Å². The van der Waals surface area contributed by atoms with Gasteiger partial charge in [0.2, 0.25) is 5.95 Å². The molecular formula is C21H23N5Na2O6. The molecule has 0 saturated carbocycles. The summed E-state index contributed by atoms with van der Waals surface area (Å²) >= 11 is 0. The number of aromatic amines is 2. The van der Waals surface area contributed by atoms with Crippen molar-refractivity contribution in [3.8, 4) is 0 Å². The van der Waals surface area contributed by atoms with Crippen LogP contribution in [0.5, 0.6) is 0 Å². The fourth-order valence-corrected chi connectivity index (χ4v) is 3.17. The van der Waals surface area contributed by atoms with Gasteiger partial charge in [-0.05, 0) is 48.9 Å². The van der Waals surface area contributed by atoms with Gasteiger partial charge >= 0.3 is 59.1 Å². The van der Waals surface area contributed by atoms with E-state index < -0.39 is 30.3 Å². The Hall–Kier alpha value is -2.15. The molecule has 0 radical (unpaired) electrons. The van der Waals surface area contributed by atoms with E-state index in [0.29, 0.717) is 23.9 Å². The zero-order chi connectivity index (χ0) is 22.5. The van der Waals surface area contributed by atoms with Crippen molar-refractivity contribution in [1.82, 2.24) is 20.3 Å². The zero-order valence-electron chi connectivity index (χ0n) is 18.3. The molecule has 2 heterocycles. The molecular weight excluding hydrogens is 464 g/mol. The van der Waals surface area contributed by atoms with E-state index in [1.807, 2.05) is 0 Å². The number of carbonyl (C=O) groups excluding carboxylic acids is 3. The van der Waals surface area contributed by atoms with Gasteiger partial charge < -0.3 is 35.8 Å². The first-order chi connectivity index (χ1) is 14.7. The van der Waals surface area contributed by atoms with Gasteiger partial charge in [-0.25, -0.2) is 0 Å². The Balaban J connectivity index is 0.00000363. The number of nitrogens with zero attached hydrogens (tertiary/aromatic N) is 1. The molecule has 1 atom stereocenters. The second-order valence-electron chi connectivity index (χ2n) is 6.94. The number of aromatic nitrogens is 3. The standard InChI is InChI=1S/C20H21N5O6.CH4.2Na/c21-20-24-16-15(18(29)25-20)12(9-22-16)6-3-10-1-4-11(5-2-10)17(28)23-13(19(30)31)7-8-14(26)27;;;/h1-2,4-5,9,13H,3,6-8H2,(H,23,28)(H,26,27)(H,30,31)(H4,21,22,24,25,29);1H4;;/q;;2*+1/p-2/t13-;;;/m0.../s1. The minimum Gasteiger partial charge on any atom is -0.550 e. The number of rotatable bonds is 9. The van der Waals surface area contributed by atoms with E-state index in [1.165, 1.54) is 12.1 Å². The number of nitrogens with one attached hydrogen (secondary N) is 3. The largest absolute Gasteiger partial charge is 1.00 e. The molecule has 170 valence electrons. The van der Waals surface area contributed by atoms with Crippen molar-refractivity contribution in [3.05, 3.63) is 57.5 Å². The molecule has 0 saturated heterocycles. The van der Waals surface area contributed by atoms with Crippen LogP contribution in [0.4, 0.5) is 5.95 Å². The van der Waals surface area contributed by atoms with Crippen LogP contribution in [0.1, 0.15) is 41.8 Å². The number of carboxylic acids is 2. The molecule has 1 amide bonds. The third-order valence-electron chi connectivity index (χ3n) is 4.77. The van der Waals surface area contributed by atoms with E-state index in [4.69, 9.17) is 5.73 Å². The van der Waals surface area contributed by atoms with Crippen LogP contribution in [0, 0.1) is 0 Å². The Morgan fingerprint density at radius 3 is 2.32 bits per heavy atom. The molecule has 3 rings (SSSR count). The van der Waals surface area contributed by atoms with Gasteiger partial charge in [0, 0.05) is 17.7 Å². The second-order valence-corrected chi connectivity index (χ2v) is 6.94. The maximum absolute atomic E-state index is 12.2.